The molecule has 2 rings (SSSR count). The zero-order valence-electron chi connectivity index (χ0n) is 12.5. The van der Waals surface area contributed by atoms with Crippen LogP contribution in [0.5, 0.6) is 5.75 Å². The van der Waals surface area contributed by atoms with Crippen molar-refractivity contribution in [2.45, 2.75) is 13.5 Å². The molecule has 0 fully saturated rings. The van der Waals surface area contributed by atoms with Crippen molar-refractivity contribution in [3.8, 4) is 5.75 Å². The summed E-state index contributed by atoms with van der Waals surface area (Å²) in [7, 11) is 1.35. The third-order valence-electron chi connectivity index (χ3n) is 2.96. The maximum Gasteiger partial charge on any atom is 0.337 e. The Morgan fingerprint density at radius 3 is 2.18 bits per heavy atom. The van der Waals surface area contributed by atoms with E-state index >= 15 is 0 Å². The van der Waals surface area contributed by atoms with Crippen molar-refractivity contribution >= 4 is 17.6 Å². The maximum atomic E-state index is 11.3. The third kappa shape index (κ3) is 4.34. The second-order valence-corrected chi connectivity index (χ2v) is 4.68. The number of benzene rings is 2. The lowest BCUT2D eigenvalue weighted by Gasteiger charge is -2.08. The SMILES string of the molecule is COC(=O)c1ccc(COc2ccc(NC(C)=O)cc2)cc1. The molecule has 2 aromatic carbocycles. The fourth-order valence-corrected chi connectivity index (χ4v) is 1.86. The molecule has 5 heteroatoms. The number of methoxy groups -OCH3 is 1. The molecule has 0 saturated carbocycles. The van der Waals surface area contributed by atoms with Gasteiger partial charge in [0.15, 0.2) is 0 Å². The van der Waals surface area contributed by atoms with Gasteiger partial charge in [-0.05, 0) is 42.0 Å². The zero-order chi connectivity index (χ0) is 15.9. The van der Waals surface area contributed by atoms with Crippen molar-refractivity contribution in [2.24, 2.45) is 0 Å². The number of hydrogen-bond donors (Lipinski definition) is 1. The summed E-state index contributed by atoms with van der Waals surface area (Å²) in [6.45, 7) is 1.85. The summed E-state index contributed by atoms with van der Waals surface area (Å²) in [5.74, 6) is 0.228. The molecule has 0 aliphatic rings. The molecule has 1 N–H and O–H groups in total. The van der Waals surface area contributed by atoms with Gasteiger partial charge in [0.1, 0.15) is 12.4 Å². The van der Waals surface area contributed by atoms with Crippen molar-refractivity contribution in [1.82, 2.24) is 0 Å². The number of anilines is 1. The molecule has 0 bridgehead atoms. The quantitative estimate of drug-likeness (QED) is 0.862. The summed E-state index contributed by atoms with van der Waals surface area (Å²) in [6, 6.07) is 14.2. The fraction of sp³-hybridized carbons (Fsp3) is 0.176. The molecule has 0 heterocycles. The Labute approximate surface area is 128 Å². The van der Waals surface area contributed by atoms with Crippen LogP contribution in [-0.4, -0.2) is 19.0 Å². The second-order valence-electron chi connectivity index (χ2n) is 4.68. The van der Waals surface area contributed by atoms with Crippen molar-refractivity contribution in [2.75, 3.05) is 12.4 Å². The highest BCUT2D eigenvalue weighted by atomic mass is 16.5. The van der Waals surface area contributed by atoms with Crippen LogP contribution in [-0.2, 0) is 16.1 Å². The molecule has 2 aromatic rings. The van der Waals surface area contributed by atoms with E-state index in [0.29, 0.717) is 17.9 Å². The minimum absolute atomic E-state index is 0.112. The van der Waals surface area contributed by atoms with Crippen LogP contribution in [0.1, 0.15) is 22.8 Å². The number of amides is 1. The fourth-order valence-electron chi connectivity index (χ4n) is 1.86. The molecular weight excluding hydrogens is 282 g/mol. The van der Waals surface area contributed by atoms with E-state index in [0.717, 1.165) is 11.3 Å². The van der Waals surface area contributed by atoms with E-state index in [9.17, 15) is 9.59 Å². The molecule has 22 heavy (non-hydrogen) atoms. The average molecular weight is 299 g/mol. The van der Waals surface area contributed by atoms with Gasteiger partial charge in [-0.2, -0.15) is 0 Å². The van der Waals surface area contributed by atoms with Gasteiger partial charge in [0, 0.05) is 12.6 Å². The highest BCUT2D eigenvalue weighted by molar-refractivity contribution is 5.89. The Morgan fingerprint density at radius 2 is 1.64 bits per heavy atom. The molecule has 0 atom stereocenters. The molecular formula is C17H17NO4. The van der Waals surface area contributed by atoms with Crippen LogP contribution >= 0.6 is 0 Å². The molecule has 5 nitrogen and oxygen atoms in total. The molecule has 0 radical (unpaired) electrons. The van der Waals surface area contributed by atoms with Gasteiger partial charge in [-0.25, -0.2) is 4.79 Å². The molecule has 0 unspecified atom stereocenters. The van der Waals surface area contributed by atoms with Crippen LogP contribution in [0.15, 0.2) is 48.5 Å². The smallest absolute Gasteiger partial charge is 0.337 e. The summed E-state index contributed by atoms with van der Waals surface area (Å²) in [5.41, 5.74) is 2.17. The summed E-state index contributed by atoms with van der Waals surface area (Å²) >= 11 is 0. The number of rotatable bonds is 5. The Morgan fingerprint density at radius 1 is 1.00 bits per heavy atom. The Hall–Kier alpha value is -2.82. The molecule has 0 spiro atoms. The first-order chi connectivity index (χ1) is 10.6. The lowest BCUT2D eigenvalue weighted by atomic mass is 10.1. The summed E-state index contributed by atoms with van der Waals surface area (Å²) in [6.07, 6.45) is 0. The Kier molecular flexibility index (Phi) is 5.14. The molecule has 114 valence electrons. The first-order valence-electron chi connectivity index (χ1n) is 6.76. The second kappa shape index (κ2) is 7.26. The lowest BCUT2D eigenvalue weighted by molar-refractivity contribution is -0.114. The van der Waals surface area contributed by atoms with Crippen LogP contribution in [0.4, 0.5) is 5.69 Å². The van der Waals surface area contributed by atoms with E-state index in [4.69, 9.17) is 4.74 Å². The average Bonchev–Trinajstić information content (AvgIpc) is 2.53. The van der Waals surface area contributed by atoms with Gasteiger partial charge in [0.2, 0.25) is 5.91 Å². The number of carbonyl (C=O) groups is 2. The minimum Gasteiger partial charge on any atom is -0.489 e. The minimum atomic E-state index is -0.360. The third-order valence-corrected chi connectivity index (χ3v) is 2.96. The molecule has 0 saturated heterocycles. The van der Waals surface area contributed by atoms with Crippen molar-refractivity contribution in [1.29, 1.82) is 0 Å². The van der Waals surface area contributed by atoms with Crippen molar-refractivity contribution in [3.05, 3.63) is 59.7 Å². The van der Waals surface area contributed by atoms with Crippen LogP contribution in [0.2, 0.25) is 0 Å². The van der Waals surface area contributed by atoms with Crippen LogP contribution in [0, 0.1) is 0 Å². The topological polar surface area (TPSA) is 64.6 Å². The Bertz CT molecular complexity index is 647. The van der Waals surface area contributed by atoms with Gasteiger partial charge >= 0.3 is 5.97 Å². The largest absolute Gasteiger partial charge is 0.489 e. The van der Waals surface area contributed by atoms with E-state index in [1.54, 1.807) is 36.4 Å². The lowest BCUT2D eigenvalue weighted by Crippen LogP contribution is -2.05. The Balaban J connectivity index is 1.92. The summed E-state index contributed by atoms with van der Waals surface area (Å²) in [4.78, 5) is 22.3. The molecule has 0 aliphatic heterocycles. The molecule has 0 aromatic heterocycles. The van der Waals surface area contributed by atoms with Gasteiger partial charge in [0.05, 0.1) is 12.7 Å². The molecule has 1 amide bonds. The van der Waals surface area contributed by atoms with Crippen LogP contribution < -0.4 is 10.1 Å². The summed E-state index contributed by atoms with van der Waals surface area (Å²) in [5, 5.41) is 2.69. The number of hydrogen-bond acceptors (Lipinski definition) is 4. The van der Waals surface area contributed by atoms with Crippen molar-refractivity contribution < 1.29 is 19.1 Å². The van der Waals surface area contributed by atoms with Gasteiger partial charge in [0.25, 0.3) is 0 Å². The van der Waals surface area contributed by atoms with Gasteiger partial charge in [-0.3, -0.25) is 4.79 Å². The standard InChI is InChI=1S/C17H17NO4/c1-12(19)18-15-7-9-16(10-8-15)22-11-13-3-5-14(6-4-13)17(20)21-2/h3-10H,11H2,1-2H3,(H,18,19). The maximum absolute atomic E-state index is 11.3. The van der Waals surface area contributed by atoms with E-state index in [1.807, 2.05) is 12.1 Å². The number of nitrogens with one attached hydrogen (secondary N) is 1. The monoisotopic (exact) mass is 299 g/mol. The van der Waals surface area contributed by atoms with E-state index in [1.165, 1.54) is 14.0 Å². The number of ether oxygens (including phenoxy) is 2. The van der Waals surface area contributed by atoms with Crippen molar-refractivity contribution in [3.63, 3.8) is 0 Å². The van der Waals surface area contributed by atoms with Gasteiger partial charge in [-0.15, -0.1) is 0 Å². The highest BCUT2D eigenvalue weighted by Gasteiger charge is 2.04. The van der Waals surface area contributed by atoms with E-state index in [2.05, 4.69) is 10.1 Å². The van der Waals surface area contributed by atoms with Crippen LogP contribution in [0.25, 0.3) is 0 Å². The highest BCUT2D eigenvalue weighted by Crippen LogP contribution is 2.17. The normalized spacial score (nSPS) is 9.91. The first kappa shape index (κ1) is 15.6. The summed E-state index contributed by atoms with van der Waals surface area (Å²) < 4.78 is 10.3. The predicted octanol–water partition coefficient (Wildman–Crippen LogP) is 3.01. The number of carbonyl (C=O) groups excluding carboxylic acids is 2. The zero-order valence-corrected chi connectivity index (χ0v) is 12.5. The van der Waals surface area contributed by atoms with Gasteiger partial charge < -0.3 is 14.8 Å². The number of esters is 1. The van der Waals surface area contributed by atoms with Gasteiger partial charge in [-0.1, -0.05) is 12.1 Å². The van der Waals surface area contributed by atoms with E-state index in [-0.39, 0.29) is 11.9 Å². The molecule has 0 aliphatic carbocycles. The first-order valence-corrected chi connectivity index (χ1v) is 6.76. The van der Waals surface area contributed by atoms with Crippen LogP contribution in [0.3, 0.4) is 0 Å². The predicted molar refractivity (Wildman–Crippen MR) is 82.9 cm³/mol. The van der Waals surface area contributed by atoms with E-state index < -0.39 is 0 Å².